The van der Waals surface area contributed by atoms with Crippen molar-refractivity contribution < 1.29 is 4.42 Å². The van der Waals surface area contributed by atoms with Gasteiger partial charge >= 0.3 is 0 Å². The largest absolute Gasteiger partial charge is 0.422 e. The quantitative estimate of drug-likeness (QED) is 0.538. The summed E-state index contributed by atoms with van der Waals surface area (Å²) in [6.07, 6.45) is 3.66. The predicted octanol–water partition coefficient (Wildman–Crippen LogP) is 4.07. The minimum absolute atomic E-state index is 0.00133. The Morgan fingerprint density at radius 3 is 2.32 bits per heavy atom. The van der Waals surface area contributed by atoms with E-state index in [2.05, 4.69) is 46.0 Å². The van der Waals surface area contributed by atoms with Crippen molar-refractivity contribution in [2.75, 3.05) is 12.0 Å². The summed E-state index contributed by atoms with van der Waals surface area (Å²) in [5.41, 5.74) is 8.19. The average Bonchev–Trinajstić information content (AvgIpc) is 3.20. The molecule has 0 spiro atoms. The van der Waals surface area contributed by atoms with Crippen molar-refractivity contribution in [2.24, 2.45) is 5.73 Å². The Balaban J connectivity index is 1.71. The van der Waals surface area contributed by atoms with Crippen LogP contribution in [0.3, 0.4) is 0 Å². The zero-order chi connectivity index (χ0) is 19.8. The van der Waals surface area contributed by atoms with Gasteiger partial charge in [0.05, 0.1) is 11.6 Å². The van der Waals surface area contributed by atoms with E-state index in [9.17, 15) is 0 Å². The van der Waals surface area contributed by atoms with Crippen LogP contribution in [0.5, 0.6) is 0 Å². The molecule has 5 nitrogen and oxygen atoms in total. The minimum Gasteiger partial charge on any atom is -0.422 e. The van der Waals surface area contributed by atoms with Crippen LogP contribution in [0.2, 0.25) is 0 Å². The van der Waals surface area contributed by atoms with E-state index in [0.717, 1.165) is 24.3 Å². The normalized spacial score (nSPS) is 14.5. The molecule has 0 radical (unpaired) electrons. The van der Waals surface area contributed by atoms with Gasteiger partial charge in [-0.25, -0.2) is 0 Å². The van der Waals surface area contributed by atoms with Crippen molar-refractivity contribution >= 4 is 11.8 Å². The van der Waals surface area contributed by atoms with Gasteiger partial charge in [-0.3, -0.25) is 0 Å². The molecule has 6 heteroatoms. The number of nitrogens with two attached hydrogens (primary N) is 1. The molecule has 28 heavy (non-hydrogen) atoms. The van der Waals surface area contributed by atoms with Gasteiger partial charge in [0.25, 0.3) is 0 Å². The SMILES string of the molecule is CSCCC(NCc1ccccc1)c1nnc([C@](C)(N)Cc2ccccc2)o1. The fourth-order valence-electron chi connectivity index (χ4n) is 3.09. The zero-order valence-corrected chi connectivity index (χ0v) is 17.3. The Bertz CT molecular complexity index is 836. The van der Waals surface area contributed by atoms with Gasteiger partial charge in [0.2, 0.25) is 11.8 Å². The highest BCUT2D eigenvalue weighted by molar-refractivity contribution is 7.98. The molecule has 0 saturated carbocycles. The molecule has 3 rings (SSSR count). The number of thioether (sulfide) groups is 1. The maximum atomic E-state index is 6.53. The highest BCUT2D eigenvalue weighted by Crippen LogP contribution is 2.25. The molecule has 0 saturated heterocycles. The third-order valence-electron chi connectivity index (χ3n) is 4.65. The molecule has 148 valence electrons. The van der Waals surface area contributed by atoms with Gasteiger partial charge in [-0.1, -0.05) is 60.7 Å². The molecule has 0 amide bonds. The fraction of sp³-hybridized carbons (Fsp3) is 0.364. The lowest BCUT2D eigenvalue weighted by Gasteiger charge is -2.20. The molecule has 2 aromatic carbocycles. The molecule has 0 aliphatic rings. The molecular formula is C22H28N4OS. The first-order chi connectivity index (χ1) is 13.6. The predicted molar refractivity (Wildman–Crippen MR) is 115 cm³/mol. The standard InChI is InChI=1S/C22H28N4OS/c1-22(23,15-17-9-5-3-6-10-17)21-26-25-20(27-21)19(13-14-28-2)24-16-18-11-7-4-8-12-18/h3-12,19,24H,13-16,23H2,1-2H3/t19?,22-/m1/s1. The molecule has 0 aliphatic heterocycles. The van der Waals surface area contributed by atoms with Gasteiger partial charge in [-0.2, -0.15) is 11.8 Å². The minimum atomic E-state index is -0.712. The average molecular weight is 397 g/mol. The second kappa shape index (κ2) is 9.87. The lowest BCUT2D eigenvalue weighted by Crippen LogP contribution is -2.36. The summed E-state index contributed by atoms with van der Waals surface area (Å²) in [7, 11) is 0. The lowest BCUT2D eigenvalue weighted by atomic mass is 9.94. The van der Waals surface area contributed by atoms with E-state index in [0.29, 0.717) is 18.2 Å². The molecule has 0 fully saturated rings. The third-order valence-corrected chi connectivity index (χ3v) is 5.29. The van der Waals surface area contributed by atoms with Gasteiger partial charge in [0.1, 0.15) is 0 Å². The van der Waals surface area contributed by atoms with Gasteiger partial charge in [-0.15, -0.1) is 10.2 Å². The fourth-order valence-corrected chi connectivity index (χ4v) is 3.56. The van der Waals surface area contributed by atoms with Crippen molar-refractivity contribution in [3.8, 4) is 0 Å². The molecule has 2 atom stereocenters. The van der Waals surface area contributed by atoms with E-state index >= 15 is 0 Å². The van der Waals surface area contributed by atoms with Crippen LogP contribution >= 0.6 is 11.8 Å². The van der Waals surface area contributed by atoms with Gasteiger partial charge in [0.15, 0.2) is 0 Å². The van der Waals surface area contributed by atoms with E-state index in [-0.39, 0.29) is 6.04 Å². The summed E-state index contributed by atoms with van der Waals surface area (Å²) in [5, 5.41) is 12.2. The first kappa shape index (κ1) is 20.6. The first-order valence-electron chi connectivity index (χ1n) is 9.51. The van der Waals surface area contributed by atoms with E-state index < -0.39 is 5.54 Å². The van der Waals surface area contributed by atoms with E-state index in [1.807, 2.05) is 43.3 Å². The topological polar surface area (TPSA) is 77.0 Å². The summed E-state index contributed by atoms with van der Waals surface area (Å²) >= 11 is 1.81. The number of nitrogens with one attached hydrogen (secondary N) is 1. The summed E-state index contributed by atoms with van der Waals surface area (Å²) in [5.74, 6) is 2.08. The molecular weight excluding hydrogens is 368 g/mol. The monoisotopic (exact) mass is 396 g/mol. The molecule has 3 N–H and O–H groups in total. The number of aromatic nitrogens is 2. The molecule has 1 aromatic heterocycles. The van der Waals surface area contributed by atoms with Gasteiger partial charge < -0.3 is 15.5 Å². The Kier molecular flexibility index (Phi) is 7.25. The van der Waals surface area contributed by atoms with Crippen molar-refractivity contribution in [1.29, 1.82) is 0 Å². The molecule has 1 unspecified atom stereocenters. The summed E-state index contributed by atoms with van der Waals surface area (Å²) < 4.78 is 6.05. The van der Waals surface area contributed by atoms with E-state index in [1.165, 1.54) is 5.56 Å². The van der Waals surface area contributed by atoms with Crippen molar-refractivity contribution in [3.05, 3.63) is 83.6 Å². The van der Waals surface area contributed by atoms with Crippen LogP contribution in [0.4, 0.5) is 0 Å². The number of hydrogen-bond donors (Lipinski definition) is 2. The van der Waals surface area contributed by atoms with E-state index in [4.69, 9.17) is 10.2 Å². The van der Waals surface area contributed by atoms with Crippen molar-refractivity contribution in [1.82, 2.24) is 15.5 Å². The van der Waals surface area contributed by atoms with Crippen molar-refractivity contribution in [2.45, 2.75) is 37.9 Å². The Labute approximate surface area is 171 Å². The summed E-state index contributed by atoms with van der Waals surface area (Å²) in [4.78, 5) is 0. The maximum absolute atomic E-state index is 6.53. The van der Waals surface area contributed by atoms with Crippen LogP contribution in [0.15, 0.2) is 65.1 Å². The molecule has 0 aliphatic carbocycles. The number of nitrogens with zero attached hydrogens (tertiary/aromatic N) is 2. The Hall–Kier alpha value is -2.15. The van der Waals surface area contributed by atoms with Crippen LogP contribution in [-0.2, 0) is 18.5 Å². The smallest absolute Gasteiger partial charge is 0.236 e. The van der Waals surface area contributed by atoms with E-state index in [1.54, 1.807) is 11.8 Å². The second-order valence-corrected chi connectivity index (χ2v) is 8.21. The zero-order valence-electron chi connectivity index (χ0n) is 16.5. The van der Waals surface area contributed by atoms with Crippen LogP contribution in [0.1, 0.15) is 42.3 Å². The van der Waals surface area contributed by atoms with Crippen LogP contribution in [0.25, 0.3) is 0 Å². The summed E-state index contributed by atoms with van der Waals surface area (Å²) in [6, 6.07) is 20.5. The third kappa shape index (κ3) is 5.67. The number of benzene rings is 2. The highest BCUT2D eigenvalue weighted by Gasteiger charge is 2.30. The number of hydrogen-bond acceptors (Lipinski definition) is 6. The van der Waals surface area contributed by atoms with Crippen LogP contribution < -0.4 is 11.1 Å². The van der Waals surface area contributed by atoms with Crippen LogP contribution in [0, 0.1) is 0 Å². The van der Waals surface area contributed by atoms with Crippen molar-refractivity contribution in [3.63, 3.8) is 0 Å². The van der Waals surface area contributed by atoms with Crippen LogP contribution in [-0.4, -0.2) is 22.2 Å². The lowest BCUT2D eigenvalue weighted by molar-refractivity contribution is 0.312. The second-order valence-electron chi connectivity index (χ2n) is 7.23. The Morgan fingerprint density at radius 2 is 1.68 bits per heavy atom. The van der Waals surface area contributed by atoms with Gasteiger partial charge in [-0.05, 0) is 42.9 Å². The number of rotatable bonds is 10. The molecule has 1 heterocycles. The Morgan fingerprint density at radius 1 is 1.04 bits per heavy atom. The van der Waals surface area contributed by atoms with Gasteiger partial charge in [0, 0.05) is 6.54 Å². The summed E-state index contributed by atoms with van der Waals surface area (Å²) in [6.45, 7) is 2.69. The highest BCUT2D eigenvalue weighted by atomic mass is 32.2. The molecule has 0 bridgehead atoms. The maximum Gasteiger partial charge on any atom is 0.236 e. The first-order valence-corrected chi connectivity index (χ1v) is 10.9. The molecule has 3 aromatic rings.